The maximum Gasteiger partial charge on any atom is 0.220 e. The number of methoxy groups -OCH3 is 1. The van der Waals surface area contributed by atoms with Crippen molar-refractivity contribution >= 4 is 11.6 Å². The van der Waals surface area contributed by atoms with Crippen LogP contribution >= 0.6 is 0 Å². The first-order valence-electron chi connectivity index (χ1n) is 8.24. The Hall–Kier alpha value is -1.55. The molecule has 3 N–H and O–H groups in total. The Kier molecular flexibility index (Phi) is 6.25. The zero-order valence-corrected chi connectivity index (χ0v) is 13.6. The summed E-state index contributed by atoms with van der Waals surface area (Å²) >= 11 is 0. The number of benzene rings is 1. The highest BCUT2D eigenvalue weighted by molar-refractivity contribution is 5.76. The van der Waals surface area contributed by atoms with Gasteiger partial charge in [0.05, 0.1) is 0 Å². The molecule has 1 saturated carbocycles. The topological polar surface area (TPSA) is 64.3 Å². The molecule has 22 heavy (non-hydrogen) atoms. The highest BCUT2D eigenvalue weighted by Gasteiger charge is 2.33. The smallest absolute Gasteiger partial charge is 0.220 e. The largest absolute Gasteiger partial charge is 0.399 e. The lowest BCUT2D eigenvalue weighted by molar-refractivity contribution is -0.121. The van der Waals surface area contributed by atoms with E-state index in [1.54, 1.807) is 7.11 Å². The van der Waals surface area contributed by atoms with Crippen LogP contribution < -0.4 is 11.1 Å². The average molecular weight is 304 g/mol. The quantitative estimate of drug-likeness (QED) is 0.726. The number of nitrogen functional groups attached to an aromatic ring is 1. The molecule has 0 radical (unpaired) electrons. The fourth-order valence-corrected chi connectivity index (χ4v) is 3.34. The van der Waals surface area contributed by atoms with Gasteiger partial charge in [0.15, 0.2) is 0 Å². The van der Waals surface area contributed by atoms with E-state index in [0.717, 1.165) is 30.8 Å². The third-order valence-electron chi connectivity index (χ3n) is 4.84. The average Bonchev–Trinajstić information content (AvgIpc) is 2.99. The molecule has 0 bridgehead atoms. The minimum atomic E-state index is 0.118. The number of anilines is 1. The molecule has 0 heterocycles. The van der Waals surface area contributed by atoms with E-state index in [0.29, 0.717) is 12.8 Å². The van der Waals surface area contributed by atoms with Crippen molar-refractivity contribution in [3.8, 4) is 0 Å². The molecule has 0 spiro atoms. The van der Waals surface area contributed by atoms with Gasteiger partial charge >= 0.3 is 0 Å². The summed E-state index contributed by atoms with van der Waals surface area (Å²) in [7, 11) is 1.74. The molecular weight excluding hydrogens is 276 g/mol. The van der Waals surface area contributed by atoms with E-state index in [9.17, 15) is 4.79 Å². The number of hydrogen-bond acceptors (Lipinski definition) is 3. The number of para-hydroxylation sites is 1. The second-order valence-corrected chi connectivity index (χ2v) is 6.43. The minimum absolute atomic E-state index is 0.118. The van der Waals surface area contributed by atoms with Gasteiger partial charge in [-0.15, -0.1) is 0 Å². The number of ether oxygens (including phenoxy) is 1. The standard InChI is InChI=1S/C18H28N2O2/c1-22-13-12-18(10-4-5-11-18)14-20-17(21)9-8-15-6-2-3-7-16(15)19/h2-3,6-7H,4-5,8-14,19H2,1H3,(H,20,21). The summed E-state index contributed by atoms with van der Waals surface area (Å²) in [6, 6.07) is 7.74. The second kappa shape index (κ2) is 8.18. The van der Waals surface area contributed by atoms with Crippen LogP contribution in [0.5, 0.6) is 0 Å². The van der Waals surface area contributed by atoms with Gasteiger partial charge in [-0.25, -0.2) is 0 Å². The Morgan fingerprint density at radius 2 is 2.05 bits per heavy atom. The monoisotopic (exact) mass is 304 g/mol. The van der Waals surface area contributed by atoms with E-state index in [1.165, 1.54) is 25.7 Å². The van der Waals surface area contributed by atoms with Gasteiger partial charge in [-0.2, -0.15) is 0 Å². The molecule has 0 atom stereocenters. The van der Waals surface area contributed by atoms with E-state index in [1.807, 2.05) is 24.3 Å². The summed E-state index contributed by atoms with van der Waals surface area (Å²) in [6.07, 6.45) is 7.15. The zero-order valence-electron chi connectivity index (χ0n) is 13.6. The van der Waals surface area contributed by atoms with Crippen molar-refractivity contribution in [2.75, 3.05) is 26.0 Å². The Balaban J connectivity index is 1.78. The molecule has 0 aromatic heterocycles. The molecule has 4 nitrogen and oxygen atoms in total. The zero-order chi connectivity index (χ0) is 15.8. The lowest BCUT2D eigenvalue weighted by Gasteiger charge is -2.29. The summed E-state index contributed by atoms with van der Waals surface area (Å²) < 4.78 is 5.23. The molecule has 1 aliphatic carbocycles. The van der Waals surface area contributed by atoms with Gasteiger partial charge in [0.25, 0.3) is 0 Å². The first-order chi connectivity index (χ1) is 10.7. The van der Waals surface area contributed by atoms with Crippen molar-refractivity contribution in [1.82, 2.24) is 5.32 Å². The van der Waals surface area contributed by atoms with Gasteiger partial charge in [-0.05, 0) is 42.7 Å². The van der Waals surface area contributed by atoms with E-state index in [2.05, 4.69) is 5.32 Å². The molecular formula is C18H28N2O2. The molecule has 1 aromatic carbocycles. The van der Waals surface area contributed by atoms with Gasteiger partial charge in [-0.1, -0.05) is 31.0 Å². The minimum Gasteiger partial charge on any atom is -0.399 e. The van der Waals surface area contributed by atoms with Crippen LogP contribution in [0.25, 0.3) is 0 Å². The van der Waals surface area contributed by atoms with Crippen molar-refractivity contribution in [1.29, 1.82) is 0 Å². The Morgan fingerprint density at radius 3 is 2.73 bits per heavy atom. The highest BCUT2D eigenvalue weighted by atomic mass is 16.5. The van der Waals surface area contributed by atoms with E-state index in [4.69, 9.17) is 10.5 Å². The Morgan fingerprint density at radius 1 is 1.32 bits per heavy atom. The van der Waals surface area contributed by atoms with Crippen LogP contribution in [0.1, 0.15) is 44.1 Å². The third-order valence-corrected chi connectivity index (χ3v) is 4.84. The lowest BCUT2D eigenvalue weighted by Crippen LogP contribution is -2.36. The predicted molar refractivity (Wildman–Crippen MR) is 89.6 cm³/mol. The number of carbonyl (C=O) groups is 1. The molecule has 0 aliphatic heterocycles. The molecule has 2 rings (SSSR count). The number of rotatable bonds is 8. The Bertz CT molecular complexity index is 482. The van der Waals surface area contributed by atoms with E-state index in [-0.39, 0.29) is 11.3 Å². The van der Waals surface area contributed by atoms with Gasteiger partial charge in [0.1, 0.15) is 0 Å². The van der Waals surface area contributed by atoms with Crippen LogP contribution in [0.4, 0.5) is 5.69 Å². The summed E-state index contributed by atoms with van der Waals surface area (Å²) in [5, 5.41) is 3.13. The number of hydrogen-bond donors (Lipinski definition) is 2. The number of amides is 1. The molecule has 1 amide bonds. The molecule has 0 saturated heterocycles. The molecule has 4 heteroatoms. The molecule has 122 valence electrons. The normalized spacial score (nSPS) is 16.6. The van der Waals surface area contributed by atoms with Crippen molar-refractivity contribution in [2.45, 2.75) is 44.9 Å². The van der Waals surface area contributed by atoms with Gasteiger partial charge < -0.3 is 15.8 Å². The molecule has 0 unspecified atom stereocenters. The number of aryl methyl sites for hydroxylation is 1. The fourth-order valence-electron chi connectivity index (χ4n) is 3.34. The maximum atomic E-state index is 12.1. The summed E-state index contributed by atoms with van der Waals surface area (Å²) in [6.45, 7) is 1.55. The highest BCUT2D eigenvalue weighted by Crippen LogP contribution is 2.40. The van der Waals surface area contributed by atoms with Crippen LogP contribution in [-0.4, -0.2) is 26.2 Å². The molecule has 1 aromatic rings. The summed E-state index contributed by atoms with van der Waals surface area (Å²) in [4.78, 5) is 12.1. The van der Waals surface area contributed by atoms with Crippen LogP contribution in [0.15, 0.2) is 24.3 Å². The van der Waals surface area contributed by atoms with Gasteiger partial charge in [0.2, 0.25) is 5.91 Å². The first-order valence-corrected chi connectivity index (χ1v) is 8.24. The van der Waals surface area contributed by atoms with Crippen molar-refractivity contribution < 1.29 is 9.53 Å². The fraction of sp³-hybridized carbons (Fsp3) is 0.611. The van der Waals surface area contributed by atoms with Gasteiger partial charge in [0, 0.05) is 32.4 Å². The van der Waals surface area contributed by atoms with Crippen molar-refractivity contribution in [3.63, 3.8) is 0 Å². The number of carbonyl (C=O) groups excluding carboxylic acids is 1. The summed E-state index contributed by atoms with van der Waals surface area (Å²) in [5.41, 5.74) is 7.97. The predicted octanol–water partition coefficient (Wildman–Crippen LogP) is 2.91. The number of nitrogens with one attached hydrogen (secondary N) is 1. The lowest BCUT2D eigenvalue weighted by atomic mass is 9.83. The van der Waals surface area contributed by atoms with Crippen molar-refractivity contribution in [2.24, 2.45) is 5.41 Å². The van der Waals surface area contributed by atoms with E-state index < -0.39 is 0 Å². The molecule has 1 aliphatic rings. The first kappa shape index (κ1) is 16.8. The van der Waals surface area contributed by atoms with Crippen LogP contribution in [0.2, 0.25) is 0 Å². The van der Waals surface area contributed by atoms with Crippen LogP contribution in [-0.2, 0) is 16.0 Å². The van der Waals surface area contributed by atoms with E-state index >= 15 is 0 Å². The molecule has 1 fully saturated rings. The van der Waals surface area contributed by atoms with Gasteiger partial charge in [-0.3, -0.25) is 4.79 Å². The Labute approximate surface area is 133 Å². The van der Waals surface area contributed by atoms with Crippen LogP contribution in [0.3, 0.4) is 0 Å². The third kappa shape index (κ3) is 4.73. The summed E-state index contributed by atoms with van der Waals surface area (Å²) in [5.74, 6) is 0.118. The van der Waals surface area contributed by atoms with Crippen LogP contribution in [0, 0.1) is 5.41 Å². The van der Waals surface area contributed by atoms with Crippen molar-refractivity contribution in [3.05, 3.63) is 29.8 Å². The number of nitrogens with two attached hydrogens (primary N) is 1. The maximum absolute atomic E-state index is 12.1. The SMILES string of the molecule is COCCC1(CNC(=O)CCc2ccccc2N)CCCC1. The second-order valence-electron chi connectivity index (χ2n) is 6.43.